The summed E-state index contributed by atoms with van der Waals surface area (Å²) in [5, 5.41) is 8.79. The van der Waals surface area contributed by atoms with E-state index in [4.69, 9.17) is 5.11 Å². The second-order valence-electron chi connectivity index (χ2n) is 3.18. The number of carboxylic acids is 1. The second kappa shape index (κ2) is 5.10. The van der Waals surface area contributed by atoms with Crippen LogP contribution in [0.25, 0.3) is 6.08 Å². The summed E-state index contributed by atoms with van der Waals surface area (Å²) in [4.78, 5) is 20.8. The van der Waals surface area contributed by atoms with E-state index in [1.165, 1.54) is 0 Å². The third-order valence-electron chi connectivity index (χ3n) is 2.06. The average molecular weight is 204 g/mol. The molecule has 0 heterocycles. The highest BCUT2D eigenvalue weighted by atomic mass is 16.4. The monoisotopic (exact) mass is 204 g/mol. The molecule has 15 heavy (non-hydrogen) atoms. The first-order valence-corrected chi connectivity index (χ1v) is 4.59. The smallest absolute Gasteiger partial charge is 0.335 e. The number of hydrogen-bond acceptors (Lipinski definition) is 2. The number of carbonyl (C=O) groups excluding carboxylic acids is 1. The predicted octanol–water partition coefficient (Wildman–Crippen LogP) is 2.30. The summed E-state index contributed by atoms with van der Waals surface area (Å²) in [6.07, 6.45) is 4.61. The molecule has 0 spiro atoms. The Balaban J connectivity index is 3.00. The van der Waals surface area contributed by atoms with Gasteiger partial charge in [-0.1, -0.05) is 18.2 Å². The van der Waals surface area contributed by atoms with E-state index in [2.05, 4.69) is 0 Å². The number of hydrogen-bond donors (Lipinski definition) is 1. The number of carboxylic acid groups (broad SMARTS) is 1. The maximum absolute atomic E-state index is 10.7. The summed E-state index contributed by atoms with van der Waals surface area (Å²) >= 11 is 0. The Morgan fingerprint density at radius 3 is 2.80 bits per heavy atom. The lowest BCUT2D eigenvalue weighted by atomic mass is 10.0. The Bertz CT molecular complexity index is 405. The predicted molar refractivity (Wildman–Crippen MR) is 57.9 cm³/mol. The molecule has 3 nitrogen and oxygen atoms in total. The molecule has 0 aliphatic rings. The molecule has 0 aliphatic carbocycles. The minimum Gasteiger partial charge on any atom is -0.478 e. The third-order valence-corrected chi connectivity index (χ3v) is 2.06. The lowest BCUT2D eigenvalue weighted by Gasteiger charge is -2.01. The number of rotatable bonds is 4. The van der Waals surface area contributed by atoms with Gasteiger partial charge in [0.15, 0.2) is 0 Å². The molecule has 0 fully saturated rings. The number of aromatic carboxylic acids is 1. The van der Waals surface area contributed by atoms with E-state index < -0.39 is 5.97 Å². The van der Waals surface area contributed by atoms with Crippen molar-refractivity contribution in [2.75, 3.05) is 0 Å². The molecule has 1 rings (SSSR count). The summed E-state index contributed by atoms with van der Waals surface area (Å²) in [5.41, 5.74) is 2.07. The van der Waals surface area contributed by atoms with Gasteiger partial charge in [0.1, 0.15) is 6.29 Å². The van der Waals surface area contributed by atoms with Crippen LogP contribution in [0.15, 0.2) is 24.3 Å². The van der Waals surface area contributed by atoms with Gasteiger partial charge in [0.25, 0.3) is 0 Å². The summed E-state index contributed by atoms with van der Waals surface area (Å²) in [6, 6.07) is 4.91. The molecule has 0 aromatic heterocycles. The molecule has 0 unspecified atom stereocenters. The molecule has 3 heteroatoms. The molecule has 78 valence electrons. The van der Waals surface area contributed by atoms with Crippen molar-refractivity contribution >= 4 is 18.3 Å². The molecular formula is C12H12O3. The van der Waals surface area contributed by atoms with Gasteiger partial charge in [0.2, 0.25) is 0 Å². The molecule has 0 bridgehead atoms. The number of benzene rings is 1. The van der Waals surface area contributed by atoms with E-state index in [1.807, 2.05) is 6.92 Å². The molecule has 1 aromatic carbocycles. The molecular weight excluding hydrogens is 192 g/mol. The van der Waals surface area contributed by atoms with Crippen molar-refractivity contribution in [2.24, 2.45) is 0 Å². The van der Waals surface area contributed by atoms with Crippen LogP contribution in [0.5, 0.6) is 0 Å². The highest BCUT2D eigenvalue weighted by molar-refractivity contribution is 5.88. The van der Waals surface area contributed by atoms with Crippen LogP contribution in [0.3, 0.4) is 0 Å². The van der Waals surface area contributed by atoms with Gasteiger partial charge < -0.3 is 9.90 Å². The van der Waals surface area contributed by atoms with Crippen LogP contribution in [0.1, 0.15) is 27.9 Å². The van der Waals surface area contributed by atoms with E-state index in [0.29, 0.717) is 6.42 Å². The first-order chi connectivity index (χ1) is 7.15. The average Bonchev–Trinajstić information content (AvgIpc) is 2.20. The zero-order valence-corrected chi connectivity index (χ0v) is 8.43. The molecule has 0 saturated heterocycles. The topological polar surface area (TPSA) is 54.4 Å². The molecule has 1 N–H and O–H groups in total. The van der Waals surface area contributed by atoms with Gasteiger partial charge in [-0.05, 0) is 30.2 Å². The van der Waals surface area contributed by atoms with E-state index in [1.54, 1.807) is 30.4 Å². The number of aryl methyl sites for hydroxylation is 1. The Hall–Kier alpha value is -1.90. The van der Waals surface area contributed by atoms with Crippen LogP contribution in [0.2, 0.25) is 0 Å². The van der Waals surface area contributed by atoms with E-state index in [9.17, 15) is 9.59 Å². The molecule has 0 saturated carbocycles. The normalized spacial score (nSPS) is 10.5. The number of carbonyl (C=O) groups is 2. The van der Waals surface area contributed by atoms with Crippen molar-refractivity contribution in [3.05, 3.63) is 41.0 Å². The highest BCUT2D eigenvalue weighted by Crippen LogP contribution is 2.13. The Morgan fingerprint density at radius 2 is 2.20 bits per heavy atom. The molecule has 1 aromatic rings. The van der Waals surface area contributed by atoms with Gasteiger partial charge >= 0.3 is 5.97 Å². The van der Waals surface area contributed by atoms with Gasteiger partial charge in [-0.3, -0.25) is 0 Å². The van der Waals surface area contributed by atoms with Crippen molar-refractivity contribution in [3.8, 4) is 0 Å². The standard InChI is InChI=1S/C12H12O3/c1-9-5-6-11(12(14)15)8-10(9)4-2-3-7-13/h2,4-8H,3H2,1H3,(H,14,15). The molecule has 0 amide bonds. The van der Waals surface area contributed by atoms with Gasteiger partial charge in [0, 0.05) is 6.42 Å². The summed E-state index contributed by atoms with van der Waals surface area (Å²) in [6.45, 7) is 1.90. The fraction of sp³-hybridized carbons (Fsp3) is 0.167. The fourth-order valence-electron chi connectivity index (χ4n) is 1.20. The Labute approximate surface area is 88.0 Å². The van der Waals surface area contributed by atoms with Crippen LogP contribution in [-0.2, 0) is 4.79 Å². The van der Waals surface area contributed by atoms with Crippen LogP contribution in [-0.4, -0.2) is 17.4 Å². The Kier molecular flexibility index (Phi) is 3.80. The first kappa shape index (κ1) is 11.2. The van der Waals surface area contributed by atoms with Crippen molar-refractivity contribution in [2.45, 2.75) is 13.3 Å². The molecule has 0 aliphatic heterocycles. The number of aldehydes is 1. The van der Waals surface area contributed by atoms with Gasteiger partial charge in [-0.2, -0.15) is 0 Å². The lowest BCUT2D eigenvalue weighted by molar-refractivity contribution is -0.107. The van der Waals surface area contributed by atoms with E-state index in [-0.39, 0.29) is 5.56 Å². The second-order valence-corrected chi connectivity index (χ2v) is 3.18. The van der Waals surface area contributed by atoms with Gasteiger partial charge in [-0.15, -0.1) is 0 Å². The van der Waals surface area contributed by atoms with Crippen molar-refractivity contribution < 1.29 is 14.7 Å². The first-order valence-electron chi connectivity index (χ1n) is 4.59. The maximum atomic E-state index is 10.7. The summed E-state index contributed by atoms with van der Waals surface area (Å²) < 4.78 is 0. The zero-order valence-electron chi connectivity index (χ0n) is 8.43. The van der Waals surface area contributed by atoms with Gasteiger partial charge in [0.05, 0.1) is 5.56 Å². The summed E-state index contributed by atoms with van der Waals surface area (Å²) in [7, 11) is 0. The minimum absolute atomic E-state index is 0.256. The van der Waals surface area contributed by atoms with Gasteiger partial charge in [-0.25, -0.2) is 4.79 Å². The molecule has 0 atom stereocenters. The largest absolute Gasteiger partial charge is 0.478 e. The van der Waals surface area contributed by atoms with Crippen molar-refractivity contribution in [1.82, 2.24) is 0 Å². The van der Waals surface area contributed by atoms with Crippen LogP contribution < -0.4 is 0 Å². The summed E-state index contributed by atoms with van der Waals surface area (Å²) in [5.74, 6) is -0.944. The van der Waals surface area contributed by atoms with Crippen molar-refractivity contribution in [1.29, 1.82) is 0 Å². The third kappa shape index (κ3) is 3.06. The van der Waals surface area contributed by atoms with Crippen molar-refractivity contribution in [3.63, 3.8) is 0 Å². The van der Waals surface area contributed by atoms with Crippen LogP contribution in [0, 0.1) is 6.92 Å². The number of allylic oxidation sites excluding steroid dienone is 1. The zero-order chi connectivity index (χ0) is 11.3. The minimum atomic E-state index is -0.944. The maximum Gasteiger partial charge on any atom is 0.335 e. The van der Waals surface area contributed by atoms with Crippen LogP contribution >= 0.6 is 0 Å². The molecule has 0 radical (unpaired) electrons. The quantitative estimate of drug-likeness (QED) is 0.765. The van der Waals surface area contributed by atoms with Crippen LogP contribution in [0.4, 0.5) is 0 Å². The highest BCUT2D eigenvalue weighted by Gasteiger charge is 2.03. The van der Waals surface area contributed by atoms with E-state index >= 15 is 0 Å². The SMILES string of the molecule is Cc1ccc(C(=O)O)cc1C=CCC=O. The Morgan fingerprint density at radius 1 is 1.47 bits per heavy atom. The fourth-order valence-corrected chi connectivity index (χ4v) is 1.20. The van der Waals surface area contributed by atoms with E-state index in [0.717, 1.165) is 17.4 Å². The lowest BCUT2D eigenvalue weighted by Crippen LogP contribution is -1.97.